The third kappa shape index (κ3) is 5.06. The van der Waals surface area contributed by atoms with Crippen LogP contribution in [0.3, 0.4) is 0 Å². The van der Waals surface area contributed by atoms with Crippen molar-refractivity contribution in [1.82, 2.24) is 4.90 Å². The van der Waals surface area contributed by atoms with E-state index < -0.39 is 0 Å². The van der Waals surface area contributed by atoms with Gasteiger partial charge in [0.05, 0.1) is 11.1 Å². The molecule has 3 heteroatoms. The monoisotopic (exact) mass is 752 g/mol. The molecule has 8 aliphatic rings. The van der Waals surface area contributed by atoms with Crippen LogP contribution in [0.5, 0.6) is 0 Å². The van der Waals surface area contributed by atoms with Crippen molar-refractivity contribution in [3.05, 3.63) is 193 Å². The van der Waals surface area contributed by atoms with Gasteiger partial charge in [-0.15, -0.1) is 0 Å². The molecule has 2 nitrogen and oxygen atoms in total. The molecular formula is C54H44N2S. The third-order valence-corrected chi connectivity index (χ3v) is 14.7. The predicted molar refractivity (Wildman–Crippen MR) is 238 cm³/mol. The number of fused-ring (bicyclic) bond motifs is 9. The highest BCUT2D eigenvalue weighted by Crippen LogP contribution is 2.65. The summed E-state index contributed by atoms with van der Waals surface area (Å²) in [6, 6.07) is 34.7. The van der Waals surface area contributed by atoms with Gasteiger partial charge in [-0.2, -0.15) is 0 Å². The zero-order valence-corrected chi connectivity index (χ0v) is 33.1. The summed E-state index contributed by atoms with van der Waals surface area (Å²) in [5.74, 6) is 6.94. The number of rotatable bonds is 4. The summed E-state index contributed by atoms with van der Waals surface area (Å²) in [4.78, 5) is 7.86. The van der Waals surface area contributed by atoms with Crippen molar-refractivity contribution in [3.8, 4) is 11.8 Å². The van der Waals surface area contributed by atoms with Crippen molar-refractivity contribution in [2.45, 2.75) is 74.5 Å². The summed E-state index contributed by atoms with van der Waals surface area (Å²) in [5, 5.41) is 0. The number of hydrogen-bond acceptors (Lipinski definition) is 3. The van der Waals surface area contributed by atoms with Crippen molar-refractivity contribution in [3.63, 3.8) is 0 Å². The molecular weight excluding hydrogens is 709 g/mol. The summed E-state index contributed by atoms with van der Waals surface area (Å²) >= 11 is 1.90. The summed E-state index contributed by atoms with van der Waals surface area (Å²) in [6.45, 7) is 1.11. The van der Waals surface area contributed by atoms with E-state index in [4.69, 9.17) is 0 Å². The number of nitrogens with zero attached hydrogens (tertiary/aromatic N) is 2. The molecule has 1 atom stereocenters. The van der Waals surface area contributed by atoms with E-state index in [1.54, 1.807) is 11.1 Å². The van der Waals surface area contributed by atoms with Gasteiger partial charge >= 0.3 is 0 Å². The maximum absolute atomic E-state index is 3.53. The van der Waals surface area contributed by atoms with Gasteiger partial charge in [0.1, 0.15) is 0 Å². The van der Waals surface area contributed by atoms with Crippen LogP contribution in [0.4, 0.5) is 11.4 Å². The van der Waals surface area contributed by atoms with Gasteiger partial charge in [0.25, 0.3) is 0 Å². The van der Waals surface area contributed by atoms with Gasteiger partial charge in [-0.1, -0.05) is 121 Å². The van der Waals surface area contributed by atoms with Crippen LogP contribution >= 0.6 is 11.8 Å². The normalized spacial score (nSPS) is 22.6. The van der Waals surface area contributed by atoms with Gasteiger partial charge in [0.2, 0.25) is 0 Å². The zero-order valence-electron chi connectivity index (χ0n) is 32.3. The van der Waals surface area contributed by atoms with Crippen LogP contribution in [0.1, 0.15) is 97.6 Å². The molecule has 0 saturated carbocycles. The topological polar surface area (TPSA) is 6.48 Å². The van der Waals surface area contributed by atoms with Gasteiger partial charge in [0, 0.05) is 51.1 Å². The van der Waals surface area contributed by atoms with E-state index in [1.807, 2.05) is 11.8 Å². The van der Waals surface area contributed by atoms with E-state index in [2.05, 4.69) is 155 Å². The number of benzene rings is 4. The van der Waals surface area contributed by atoms with Crippen LogP contribution < -0.4 is 4.90 Å². The second-order valence-electron chi connectivity index (χ2n) is 16.5. The third-order valence-electron chi connectivity index (χ3n) is 13.6. The highest BCUT2D eigenvalue weighted by Gasteiger charge is 2.54. The standard InChI is InChI=1S/C54H44N2S/c1-6-18-49-38(12-1)13-11-33-55(49)40-30-32-44-43-31-27-37(34-47(43)54(48(44)35-40)45-16-4-2-14-41(45)42-15-3-5-17-46(42)54)24-23-36-25-28-39(29-26-36)56-50-19-7-9-21-52(50)57-53-22-10-8-20-51(53)56/h2-4,7,9-10,14-16,19,21-29,31,34-35H,5-6,8,11,13,17-18,20,30,32-33H2/b24-23+. The van der Waals surface area contributed by atoms with Crippen LogP contribution in [-0.4, -0.2) is 11.4 Å². The van der Waals surface area contributed by atoms with Gasteiger partial charge in [0.15, 0.2) is 0 Å². The Balaban J connectivity index is 0.935. The van der Waals surface area contributed by atoms with Crippen molar-refractivity contribution >= 4 is 46.4 Å². The number of anilines is 2. The minimum Gasteiger partial charge on any atom is -0.348 e. The quantitative estimate of drug-likeness (QED) is 0.151. The second kappa shape index (κ2) is 13.2. The first kappa shape index (κ1) is 33.4. The Bertz CT molecular complexity index is 2750. The highest BCUT2D eigenvalue weighted by atomic mass is 32.2. The SMILES string of the molecule is C1#CC2=C(CC1)N(C1=CC3=C(CC1)c1ccc(/C=C/c4ccc(N5C6=C(C=CCC6)Sc6ccccc65)cc4)cc1C31C3=C(C=CCC3)c3ccccc31)CCC2. The van der Waals surface area contributed by atoms with Gasteiger partial charge in [-0.05, 0) is 150 Å². The first-order chi connectivity index (χ1) is 28.3. The number of thioether (sulfide) groups is 1. The maximum atomic E-state index is 3.53. The Hall–Kier alpha value is -5.69. The molecule has 0 N–H and O–H groups in total. The second-order valence-corrected chi connectivity index (χ2v) is 17.6. The first-order valence-electron chi connectivity index (χ1n) is 21.1. The van der Waals surface area contributed by atoms with Crippen LogP contribution in [0.15, 0.2) is 165 Å². The smallest absolute Gasteiger partial charge is 0.0686 e. The lowest BCUT2D eigenvalue weighted by Gasteiger charge is -2.39. The lowest BCUT2D eigenvalue weighted by Crippen LogP contribution is -2.32. The molecule has 57 heavy (non-hydrogen) atoms. The molecule has 1 unspecified atom stereocenters. The minimum absolute atomic E-state index is 0.261. The number of allylic oxidation sites excluding steroid dienone is 13. The summed E-state index contributed by atoms with van der Waals surface area (Å²) in [5.41, 5.74) is 22.5. The Morgan fingerprint density at radius 2 is 1.54 bits per heavy atom. The first-order valence-corrected chi connectivity index (χ1v) is 21.9. The zero-order chi connectivity index (χ0) is 37.5. The summed E-state index contributed by atoms with van der Waals surface area (Å²) in [6.07, 6.45) is 27.6. The largest absolute Gasteiger partial charge is 0.348 e. The fourth-order valence-corrected chi connectivity index (χ4v) is 12.3. The molecule has 1 spiro atoms. The lowest BCUT2D eigenvalue weighted by atomic mass is 9.66. The predicted octanol–water partition coefficient (Wildman–Crippen LogP) is 13.7. The van der Waals surface area contributed by atoms with E-state index in [1.165, 1.54) is 94.8 Å². The molecule has 2 aliphatic heterocycles. The van der Waals surface area contributed by atoms with Gasteiger partial charge in [-0.25, -0.2) is 0 Å². The van der Waals surface area contributed by atoms with Gasteiger partial charge in [-0.3, -0.25) is 0 Å². The molecule has 4 aromatic carbocycles. The minimum atomic E-state index is -0.261. The molecule has 276 valence electrons. The highest BCUT2D eigenvalue weighted by molar-refractivity contribution is 8.03. The Morgan fingerprint density at radius 1 is 0.702 bits per heavy atom. The van der Waals surface area contributed by atoms with Crippen LogP contribution in [0.25, 0.3) is 23.3 Å². The average molecular weight is 753 g/mol. The molecule has 4 aromatic rings. The fourth-order valence-electron chi connectivity index (χ4n) is 11.2. The van der Waals surface area contributed by atoms with Crippen LogP contribution in [-0.2, 0) is 5.41 Å². The van der Waals surface area contributed by atoms with Crippen molar-refractivity contribution < 1.29 is 0 Å². The molecule has 0 fully saturated rings. The van der Waals surface area contributed by atoms with Crippen molar-refractivity contribution in [1.29, 1.82) is 0 Å². The Kier molecular flexibility index (Phi) is 7.74. The van der Waals surface area contributed by atoms with E-state index in [0.717, 1.165) is 64.3 Å². The molecule has 0 amide bonds. The lowest BCUT2D eigenvalue weighted by molar-refractivity contribution is 0.361. The molecule has 6 aliphatic carbocycles. The maximum Gasteiger partial charge on any atom is 0.0686 e. The van der Waals surface area contributed by atoms with E-state index in [9.17, 15) is 0 Å². The Morgan fingerprint density at radius 3 is 2.51 bits per heavy atom. The molecule has 0 bridgehead atoms. The average Bonchev–Trinajstić information content (AvgIpc) is 3.74. The molecule has 0 saturated heterocycles. The van der Waals surface area contributed by atoms with Crippen molar-refractivity contribution in [2.75, 3.05) is 11.4 Å². The van der Waals surface area contributed by atoms with Crippen LogP contribution in [0, 0.1) is 11.8 Å². The summed E-state index contributed by atoms with van der Waals surface area (Å²) in [7, 11) is 0. The number of hydrogen-bond donors (Lipinski definition) is 0. The Labute approximate surface area is 341 Å². The van der Waals surface area contributed by atoms with Gasteiger partial charge < -0.3 is 9.80 Å². The van der Waals surface area contributed by atoms with E-state index >= 15 is 0 Å². The summed E-state index contributed by atoms with van der Waals surface area (Å²) < 4.78 is 0. The molecule has 0 aromatic heterocycles. The molecule has 12 rings (SSSR count). The van der Waals surface area contributed by atoms with Crippen LogP contribution in [0.2, 0.25) is 0 Å². The fraction of sp³-hybridized carbons (Fsp3) is 0.222. The molecule has 0 radical (unpaired) electrons. The van der Waals surface area contributed by atoms with Crippen molar-refractivity contribution in [2.24, 2.45) is 0 Å². The number of para-hydroxylation sites is 1. The van der Waals surface area contributed by atoms with E-state index in [-0.39, 0.29) is 5.41 Å². The van der Waals surface area contributed by atoms with E-state index in [0.29, 0.717) is 0 Å². The molecule has 2 heterocycles.